The molecule has 1 aliphatic heterocycles. The fourth-order valence-corrected chi connectivity index (χ4v) is 5.24. The summed E-state index contributed by atoms with van der Waals surface area (Å²) in [6, 6.07) is 17.2. The lowest BCUT2D eigenvalue weighted by molar-refractivity contribution is -0.113. The zero-order valence-electron chi connectivity index (χ0n) is 17.2. The number of hydrogen-bond donors (Lipinski definition) is 2. The molecule has 0 spiro atoms. The normalized spacial score (nSPS) is 22.8. The van der Waals surface area contributed by atoms with Crippen LogP contribution in [0.1, 0.15) is 53.4 Å². The second kappa shape index (κ2) is 8.98. The lowest BCUT2D eigenvalue weighted by atomic mass is 9.89. The summed E-state index contributed by atoms with van der Waals surface area (Å²) in [6.07, 6.45) is 0.0237. The maximum atomic E-state index is 13.2. The van der Waals surface area contributed by atoms with E-state index in [4.69, 9.17) is 4.74 Å². The van der Waals surface area contributed by atoms with Crippen LogP contribution in [0.3, 0.4) is 0 Å². The highest BCUT2D eigenvalue weighted by Crippen LogP contribution is 2.38. The molecule has 4 atom stereocenters. The van der Waals surface area contributed by atoms with E-state index in [9.17, 15) is 14.6 Å². The zero-order chi connectivity index (χ0) is 21.3. The third-order valence-corrected chi connectivity index (χ3v) is 7.22. The van der Waals surface area contributed by atoms with E-state index in [0.717, 1.165) is 16.0 Å². The summed E-state index contributed by atoms with van der Waals surface area (Å²) >= 11 is 1.72. The van der Waals surface area contributed by atoms with Gasteiger partial charge in [-0.25, -0.2) is 4.39 Å². The Morgan fingerprint density at radius 2 is 1.87 bits per heavy atom. The average Bonchev–Trinajstić information content (AvgIpc) is 3.24. The number of hydrogen-bond acceptors (Lipinski definition) is 4. The molecule has 0 amide bonds. The Kier molecular flexibility index (Phi) is 6.34. The number of aliphatic hydroxyl groups excluding tert-OH is 2. The second-order valence-corrected chi connectivity index (χ2v) is 9.22. The molecule has 3 aromatic rings. The fraction of sp³-hybridized carbons (Fsp3) is 0.360. The van der Waals surface area contributed by atoms with Crippen molar-refractivity contribution in [2.75, 3.05) is 6.61 Å². The van der Waals surface area contributed by atoms with Crippen molar-refractivity contribution in [3.05, 3.63) is 82.0 Å². The average molecular weight is 427 g/mol. The Morgan fingerprint density at radius 1 is 1.10 bits per heavy atom. The predicted octanol–water partition coefficient (Wildman–Crippen LogP) is 5.59. The van der Waals surface area contributed by atoms with Crippen LogP contribution in [0, 0.1) is 12.7 Å². The van der Waals surface area contributed by atoms with Crippen LogP contribution in [0.25, 0.3) is 10.4 Å². The van der Waals surface area contributed by atoms with Crippen molar-refractivity contribution in [3.8, 4) is 10.4 Å². The van der Waals surface area contributed by atoms with Gasteiger partial charge in [-0.15, -0.1) is 11.3 Å². The minimum absolute atomic E-state index is 0.0793. The Hall–Kier alpha value is -2.05. The minimum atomic E-state index is -0.460. The highest BCUT2D eigenvalue weighted by atomic mass is 32.1. The minimum Gasteiger partial charge on any atom is -0.394 e. The first-order valence-electron chi connectivity index (χ1n) is 10.3. The standard InChI is InChI=1S/C25H27FO3S/c1-15-3-4-18(23-13-20(28)12-21(14-27)29-23)11-22(15)16(2)24-9-10-25(30-24)17-5-7-19(26)8-6-17/h3-11,16,20-21,23,27-28H,12-14H2,1-2H3. The molecule has 0 saturated carbocycles. The maximum Gasteiger partial charge on any atom is 0.123 e. The zero-order valence-corrected chi connectivity index (χ0v) is 18.0. The van der Waals surface area contributed by atoms with Crippen molar-refractivity contribution >= 4 is 11.3 Å². The highest BCUT2D eigenvalue weighted by molar-refractivity contribution is 7.15. The van der Waals surface area contributed by atoms with Crippen molar-refractivity contribution in [1.29, 1.82) is 0 Å². The number of ether oxygens (including phenoxy) is 1. The summed E-state index contributed by atoms with van der Waals surface area (Å²) in [5, 5.41) is 19.6. The summed E-state index contributed by atoms with van der Waals surface area (Å²) in [7, 11) is 0. The molecular formula is C25H27FO3S. The van der Waals surface area contributed by atoms with Crippen LogP contribution in [-0.2, 0) is 4.74 Å². The smallest absolute Gasteiger partial charge is 0.123 e. The molecule has 4 rings (SSSR count). The summed E-state index contributed by atoms with van der Waals surface area (Å²) in [5.41, 5.74) is 4.49. The molecule has 0 radical (unpaired) electrons. The van der Waals surface area contributed by atoms with Gasteiger partial charge >= 0.3 is 0 Å². The van der Waals surface area contributed by atoms with Crippen LogP contribution in [-0.4, -0.2) is 29.0 Å². The van der Waals surface area contributed by atoms with Gasteiger partial charge in [0.1, 0.15) is 5.82 Å². The molecule has 158 valence electrons. The van der Waals surface area contributed by atoms with Crippen molar-refractivity contribution in [2.45, 2.75) is 50.9 Å². The Labute approximate surface area is 180 Å². The van der Waals surface area contributed by atoms with E-state index in [1.807, 2.05) is 12.1 Å². The molecule has 4 unspecified atom stereocenters. The van der Waals surface area contributed by atoms with E-state index in [2.05, 4.69) is 44.2 Å². The molecule has 1 saturated heterocycles. The monoisotopic (exact) mass is 426 g/mol. The van der Waals surface area contributed by atoms with Crippen molar-refractivity contribution in [1.82, 2.24) is 0 Å². The molecule has 2 N–H and O–H groups in total. The highest BCUT2D eigenvalue weighted by Gasteiger charge is 2.29. The summed E-state index contributed by atoms with van der Waals surface area (Å²) < 4.78 is 19.2. The van der Waals surface area contributed by atoms with E-state index in [1.54, 1.807) is 11.3 Å². The second-order valence-electron chi connectivity index (χ2n) is 8.10. The lowest BCUT2D eigenvalue weighted by Gasteiger charge is -2.33. The largest absolute Gasteiger partial charge is 0.394 e. The van der Waals surface area contributed by atoms with E-state index < -0.39 is 6.10 Å². The Morgan fingerprint density at radius 3 is 2.60 bits per heavy atom. The van der Waals surface area contributed by atoms with Gasteiger partial charge in [0.25, 0.3) is 0 Å². The summed E-state index contributed by atoms with van der Waals surface area (Å²) in [5.74, 6) is -0.0267. The molecule has 0 bridgehead atoms. The van der Waals surface area contributed by atoms with Crippen molar-refractivity contribution in [3.63, 3.8) is 0 Å². The molecule has 1 fully saturated rings. The molecule has 2 heterocycles. The van der Waals surface area contributed by atoms with Crippen LogP contribution in [0.15, 0.2) is 54.6 Å². The molecular weight excluding hydrogens is 399 g/mol. The van der Waals surface area contributed by atoms with Gasteiger partial charge in [0.05, 0.1) is 24.9 Å². The number of halogens is 1. The van der Waals surface area contributed by atoms with Crippen molar-refractivity contribution < 1.29 is 19.3 Å². The van der Waals surface area contributed by atoms with Gasteiger partial charge in [0.15, 0.2) is 0 Å². The summed E-state index contributed by atoms with van der Waals surface area (Å²) in [4.78, 5) is 2.36. The molecule has 3 nitrogen and oxygen atoms in total. The van der Waals surface area contributed by atoms with Gasteiger partial charge in [-0.3, -0.25) is 0 Å². The van der Waals surface area contributed by atoms with Gasteiger partial charge in [0, 0.05) is 28.5 Å². The van der Waals surface area contributed by atoms with Crippen molar-refractivity contribution in [2.24, 2.45) is 0 Å². The summed E-state index contributed by atoms with van der Waals surface area (Å²) in [6.45, 7) is 4.22. The van der Waals surface area contributed by atoms with Crippen LogP contribution in [0.4, 0.5) is 4.39 Å². The number of thiophene rings is 1. The number of benzene rings is 2. The van der Waals surface area contributed by atoms with Crippen LogP contribution < -0.4 is 0 Å². The van der Waals surface area contributed by atoms with E-state index in [0.29, 0.717) is 12.8 Å². The molecule has 2 aromatic carbocycles. The topological polar surface area (TPSA) is 49.7 Å². The van der Waals surface area contributed by atoms with E-state index >= 15 is 0 Å². The quantitative estimate of drug-likeness (QED) is 0.559. The number of aryl methyl sites for hydroxylation is 1. The molecule has 0 aliphatic carbocycles. The van der Waals surface area contributed by atoms with E-state index in [1.165, 1.54) is 28.1 Å². The Bertz CT molecular complexity index is 998. The molecule has 5 heteroatoms. The third kappa shape index (κ3) is 4.49. The van der Waals surface area contributed by atoms with Gasteiger partial charge in [-0.1, -0.05) is 37.3 Å². The maximum absolute atomic E-state index is 13.2. The van der Waals surface area contributed by atoms with Gasteiger partial charge in [0.2, 0.25) is 0 Å². The van der Waals surface area contributed by atoms with Gasteiger partial charge in [-0.05, 0) is 53.4 Å². The molecule has 1 aromatic heterocycles. The van der Waals surface area contributed by atoms with E-state index in [-0.39, 0.29) is 30.5 Å². The van der Waals surface area contributed by atoms with Crippen LogP contribution in [0.5, 0.6) is 0 Å². The third-order valence-electron chi connectivity index (χ3n) is 5.91. The van der Waals surface area contributed by atoms with Crippen LogP contribution >= 0.6 is 11.3 Å². The van der Waals surface area contributed by atoms with Gasteiger partial charge in [-0.2, -0.15) is 0 Å². The first-order valence-corrected chi connectivity index (χ1v) is 11.2. The Balaban J connectivity index is 1.59. The predicted molar refractivity (Wildman–Crippen MR) is 118 cm³/mol. The SMILES string of the molecule is Cc1ccc(C2CC(O)CC(CO)O2)cc1C(C)c1ccc(-c2ccc(F)cc2)s1. The van der Waals surface area contributed by atoms with Crippen LogP contribution in [0.2, 0.25) is 0 Å². The molecule has 30 heavy (non-hydrogen) atoms. The molecule has 1 aliphatic rings. The first-order chi connectivity index (χ1) is 14.4. The fourth-order valence-electron chi connectivity index (χ4n) is 4.16. The first kappa shape index (κ1) is 21.2. The lowest BCUT2D eigenvalue weighted by Crippen LogP contribution is -2.33. The number of aliphatic hydroxyl groups is 2. The number of rotatable bonds is 5. The van der Waals surface area contributed by atoms with Gasteiger partial charge < -0.3 is 14.9 Å².